The van der Waals surface area contributed by atoms with Crippen LogP contribution in [-0.2, 0) is 21.2 Å². The molecule has 1 fully saturated rings. The van der Waals surface area contributed by atoms with E-state index in [2.05, 4.69) is 10.0 Å². The van der Waals surface area contributed by atoms with Gasteiger partial charge in [0.1, 0.15) is 0 Å². The Labute approximate surface area is 174 Å². The number of sulfonamides is 1. The van der Waals surface area contributed by atoms with Crippen LogP contribution in [0.4, 0.5) is 0 Å². The predicted octanol–water partition coefficient (Wildman–Crippen LogP) is 4.11. The molecule has 1 atom stereocenters. The van der Waals surface area contributed by atoms with Gasteiger partial charge in [0, 0.05) is 18.5 Å². The van der Waals surface area contributed by atoms with Crippen LogP contribution >= 0.6 is 0 Å². The standard InChI is InChI=1S/C23H30N2O3S/c1-18(20-8-4-2-5-9-20)25-29(27,28)22-15-12-19(13-16-22)14-17-23(26)24-21-10-6-3-7-11-21/h2,4-5,8-9,12-13,15-16,18,21,25H,3,6-7,10-11,14,17H2,1H3,(H,24,26)/t18-/m0/s1. The first kappa shape index (κ1) is 21.5. The summed E-state index contributed by atoms with van der Waals surface area (Å²) in [5.74, 6) is 0.0759. The van der Waals surface area contributed by atoms with Gasteiger partial charge in [0.05, 0.1) is 4.90 Å². The van der Waals surface area contributed by atoms with E-state index in [4.69, 9.17) is 0 Å². The largest absolute Gasteiger partial charge is 0.353 e. The van der Waals surface area contributed by atoms with Crippen molar-refractivity contribution in [2.75, 3.05) is 0 Å². The van der Waals surface area contributed by atoms with Gasteiger partial charge in [-0.05, 0) is 49.4 Å². The van der Waals surface area contributed by atoms with Crippen LogP contribution in [0.3, 0.4) is 0 Å². The van der Waals surface area contributed by atoms with Crippen molar-refractivity contribution >= 4 is 15.9 Å². The Morgan fingerprint density at radius 2 is 1.66 bits per heavy atom. The number of carbonyl (C=O) groups is 1. The number of amides is 1. The zero-order chi connectivity index (χ0) is 20.7. The van der Waals surface area contributed by atoms with Crippen LogP contribution in [0.1, 0.15) is 62.6 Å². The molecule has 0 saturated heterocycles. The van der Waals surface area contributed by atoms with Crippen LogP contribution in [0.15, 0.2) is 59.5 Å². The highest BCUT2D eigenvalue weighted by molar-refractivity contribution is 7.89. The Kier molecular flexibility index (Phi) is 7.45. The molecule has 0 radical (unpaired) electrons. The van der Waals surface area contributed by atoms with Gasteiger partial charge in [-0.1, -0.05) is 61.7 Å². The Hall–Kier alpha value is -2.18. The van der Waals surface area contributed by atoms with Crippen LogP contribution in [0.25, 0.3) is 0 Å². The number of carbonyl (C=O) groups excluding carboxylic acids is 1. The molecule has 1 saturated carbocycles. The van der Waals surface area contributed by atoms with Gasteiger partial charge in [-0.15, -0.1) is 0 Å². The average molecular weight is 415 g/mol. The molecular weight excluding hydrogens is 384 g/mol. The normalized spacial score (nSPS) is 16.3. The third-order valence-corrected chi connectivity index (χ3v) is 7.03. The van der Waals surface area contributed by atoms with E-state index in [0.29, 0.717) is 18.9 Å². The quantitative estimate of drug-likeness (QED) is 0.683. The smallest absolute Gasteiger partial charge is 0.241 e. The molecule has 0 bridgehead atoms. The first-order valence-electron chi connectivity index (χ1n) is 10.4. The molecule has 1 aliphatic rings. The number of benzene rings is 2. The van der Waals surface area contributed by atoms with Crippen molar-refractivity contribution in [3.05, 3.63) is 65.7 Å². The van der Waals surface area contributed by atoms with E-state index < -0.39 is 10.0 Å². The van der Waals surface area contributed by atoms with Gasteiger partial charge in [0.25, 0.3) is 0 Å². The van der Waals surface area contributed by atoms with Gasteiger partial charge in [-0.3, -0.25) is 4.79 Å². The third kappa shape index (κ3) is 6.41. The van der Waals surface area contributed by atoms with Crippen molar-refractivity contribution in [1.82, 2.24) is 10.0 Å². The molecule has 29 heavy (non-hydrogen) atoms. The minimum atomic E-state index is -3.60. The number of hydrogen-bond donors (Lipinski definition) is 2. The minimum absolute atomic E-state index is 0.0759. The molecule has 2 aromatic carbocycles. The van der Waals surface area contributed by atoms with Crippen molar-refractivity contribution < 1.29 is 13.2 Å². The SMILES string of the molecule is C[C@H](NS(=O)(=O)c1ccc(CCC(=O)NC2CCCCC2)cc1)c1ccccc1. The third-order valence-electron chi connectivity index (χ3n) is 5.48. The zero-order valence-electron chi connectivity index (χ0n) is 16.9. The number of nitrogens with one attached hydrogen (secondary N) is 2. The van der Waals surface area contributed by atoms with Crippen molar-refractivity contribution in [2.24, 2.45) is 0 Å². The highest BCUT2D eigenvalue weighted by atomic mass is 32.2. The number of hydrogen-bond acceptors (Lipinski definition) is 3. The summed E-state index contributed by atoms with van der Waals surface area (Å²) in [5, 5.41) is 3.12. The molecule has 0 unspecified atom stereocenters. The molecule has 0 aromatic heterocycles. The maximum absolute atomic E-state index is 12.6. The van der Waals surface area contributed by atoms with Crippen molar-refractivity contribution in [3.8, 4) is 0 Å². The van der Waals surface area contributed by atoms with Crippen LogP contribution in [0, 0.1) is 0 Å². The van der Waals surface area contributed by atoms with Crippen molar-refractivity contribution in [1.29, 1.82) is 0 Å². The summed E-state index contributed by atoms with van der Waals surface area (Å²) in [6, 6.07) is 16.3. The molecule has 1 aliphatic carbocycles. The van der Waals surface area contributed by atoms with Gasteiger partial charge in [0.2, 0.25) is 15.9 Å². The summed E-state index contributed by atoms with van der Waals surface area (Å²) in [6.07, 6.45) is 6.83. The van der Waals surface area contributed by atoms with Gasteiger partial charge in [-0.2, -0.15) is 0 Å². The maximum Gasteiger partial charge on any atom is 0.241 e. The molecule has 5 nitrogen and oxygen atoms in total. The van der Waals surface area contributed by atoms with E-state index in [1.807, 2.05) is 37.3 Å². The molecule has 6 heteroatoms. The highest BCUT2D eigenvalue weighted by Gasteiger charge is 2.19. The van der Waals surface area contributed by atoms with Crippen LogP contribution in [-0.4, -0.2) is 20.4 Å². The summed E-state index contributed by atoms with van der Waals surface area (Å²) in [4.78, 5) is 12.4. The molecule has 2 N–H and O–H groups in total. The average Bonchev–Trinajstić information content (AvgIpc) is 2.73. The lowest BCUT2D eigenvalue weighted by Gasteiger charge is -2.22. The Bertz CT molecular complexity index is 889. The van der Waals surface area contributed by atoms with Gasteiger partial charge < -0.3 is 5.32 Å². The fourth-order valence-electron chi connectivity index (χ4n) is 3.75. The molecule has 0 spiro atoms. The molecule has 156 valence electrons. The van der Waals surface area contributed by atoms with E-state index in [1.165, 1.54) is 19.3 Å². The molecular formula is C23H30N2O3S. The summed E-state index contributed by atoms with van der Waals surface area (Å²) in [5.41, 5.74) is 1.87. The first-order valence-corrected chi connectivity index (χ1v) is 11.9. The number of aryl methyl sites for hydroxylation is 1. The lowest BCUT2D eigenvalue weighted by molar-refractivity contribution is -0.121. The van der Waals surface area contributed by atoms with Crippen LogP contribution in [0.2, 0.25) is 0 Å². The molecule has 1 amide bonds. The lowest BCUT2D eigenvalue weighted by Crippen LogP contribution is -2.36. The predicted molar refractivity (Wildman–Crippen MR) is 115 cm³/mol. The van der Waals surface area contributed by atoms with E-state index in [-0.39, 0.29) is 16.8 Å². The minimum Gasteiger partial charge on any atom is -0.353 e. The van der Waals surface area contributed by atoms with Crippen LogP contribution < -0.4 is 10.0 Å². The van der Waals surface area contributed by atoms with E-state index >= 15 is 0 Å². The number of rotatable bonds is 8. The Morgan fingerprint density at radius 3 is 2.31 bits per heavy atom. The topological polar surface area (TPSA) is 75.3 Å². The van der Waals surface area contributed by atoms with Gasteiger partial charge in [-0.25, -0.2) is 13.1 Å². The molecule has 0 aliphatic heterocycles. The van der Waals surface area contributed by atoms with E-state index in [1.54, 1.807) is 24.3 Å². The monoisotopic (exact) mass is 414 g/mol. The first-order chi connectivity index (χ1) is 13.9. The summed E-state index contributed by atoms with van der Waals surface area (Å²) in [7, 11) is -3.60. The van der Waals surface area contributed by atoms with Crippen molar-refractivity contribution in [3.63, 3.8) is 0 Å². The van der Waals surface area contributed by atoms with Gasteiger partial charge >= 0.3 is 0 Å². The second-order valence-electron chi connectivity index (χ2n) is 7.80. The molecule has 3 rings (SSSR count). The zero-order valence-corrected chi connectivity index (χ0v) is 17.8. The summed E-state index contributed by atoms with van der Waals surface area (Å²) >= 11 is 0. The second kappa shape index (κ2) is 10.0. The lowest BCUT2D eigenvalue weighted by atomic mass is 9.95. The molecule has 0 heterocycles. The summed E-state index contributed by atoms with van der Waals surface area (Å²) < 4.78 is 28.0. The molecule has 2 aromatic rings. The van der Waals surface area contributed by atoms with Crippen molar-refractivity contribution in [2.45, 2.75) is 68.8 Å². The maximum atomic E-state index is 12.6. The van der Waals surface area contributed by atoms with Gasteiger partial charge in [0.15, 0.2) is 0 Å². The van der Waals surface area contributed by atoms with Crippen LogP contribution in [0.5, 0.6) is 0 Å². The fraction of sp³-hybridized carbons (Fsp3) is 0.435. The van der Waals surface area contributed by atoms with E-state index in [9.17, 15) is 13.2 Å². The second-order valence-corrected chi connectivity index (χ2v) is 9.51. The Morgan fingerprint density at radius 1 is 1.00 bits per heavy atom. The Balaban J connectivity index is 1.52. The fourth-order valence-corrected chi connectivity index (χ4v) is 4.98. The summed E-state index contributed by atoms with van der Waals surface area (Å²) in [6.45, 7) is 1.83. The highest BCUT2D eigenvalue weighted by Crippen LogP contribution is 2.19. The van der Waals surface area contributed by atoms with E-state index in [0.717, 1.165) is 24.0 Å².